The minimum Gasteiger partial charge on any atom is -0.376 e. The van der Waals surface area contributed by atoms with Crippen molar-refractivity contribution in [3.8, 4) is 0 Å². The van der Waals surface area contributed by atoms with E-state index in [1.165, 1.54) is 0 Å². The maximum atomic E-state index is 11.8. The van der Waals surface area contributed by atoms with Crippen LogP contribution in [0.5, 0.6) is 0 Å². The van der Waals surface area contributed by atoms with Crippen LogP contribution in [0.25, 0.3) is 0 Å². The first kappa shape index (κ1) is 6.02. The highest BCUT2D eigenvalue weighted by atomic mass is 19.1. The van der Waals surface area contributed by atoms with Crippen LogP contribution in [0.4, 0.5) is 4.39 Å². The van der Waals surface area contributed by atoms with E-state index >= 15 is 0 Å². The van der Waals surface area contributed by atoms with E-state index < -0.39 is 0 Å². The molecule has 1 atom stereocenters. The first-order chi connectivity index (χ1) is 3.93. The highest BCUT2D eigenvalue weighted by Gasteiger charge is 2.11. The Bertz CT molecular complexity index is 59.5. The van der Waals surface area contributed by atoms with Crippen LogP contribution in [0.1, 0.15) is 19.3 Å². The average molecular weight is 118 g/mol. The average Bonchev–Trinajstić information content (AvgIpc) is 1.90. The Kier molecular flexibility index (Phi) is 2.27. The minimum atomic E-state index is -0.306. The predicted octanol–water partition coefficient (Wildman–Crippen LogP) is 1.53. The molecule has 0 saturated carbocycles. The van der Waals surface area contributed by atoms with Crippen molar-refractivity contribution < 1.29 is 9.13 Å². The van der Waals surface area contributed by atoms with Crippen LogP contribution in [0.2, 0.25) is 0 Å². The van der Waals surface area contributed by atoms with E-state index in [1.807, 2.05) is 0 Å². The molecule has 0 aromatic rings. The van der Waals surface area contributed by atoms with Crippen molar-refractivity contribution in [1.29, 1.82) is 0 Å². The second-order valence-corrected chi connectivity index (χ2v) is 2.14. The second kappa shape index (κ2) is 3.02. The molecular weight excluding hydrogens is 107 g/mol. The van der Waals surface area contributed by atoms with Crippen LogP contribution in [0.15, 0.2) is 0 Å². The number of rotatable bonds is 1. The highest BCUT2D eigenvalue weighted by Crippen LogP contribution is 2.12. The molecule has 0 aliphatic carbocycles. The first-order valence-electron chi connectivity index (χ1n) is 3.11. The molecule has 2 heteroatoms. The van der Waals surface area contributed by atoms with Crippen molar-refractivity contribution in [3.63, 3.8) is 0 Å². The normalized spacial score (nSPS) is 30.4. The van der Waals surface area contributed by atoms with Gasteiger partial charge in [0.1, 0.15) is 6.67 Å². The van der Waals surface area contributed by atoms with E-state index in [2.05, 4.69) is 0 Å². The van der Waals surface area contributed by atoms with Crippen molar-refractivity contribution in [2.45, 2.75) is 25.4 Å². The standard InChI is InChI=1S/C6H11FO/c7-5-6-3-1-2-4-8-6/h6H,1-5H2/t6-/m1/s1. The van der Waals surface area contributed by atoms with E-state index in [1.54, 1.807) is 0 Å². The summed E-state index contributed by atoms with van der Waals surface area (Å²) in [6, 6.07) is 0. The molecule has 0 N–H and O–H groups in total. The molecule has 1 nitrogen and oxygen atoms in total. The van der Waals surface area contributed by atoms with Gasteiger partial charge in [-0.2, -0.15) is 0 Å². The van der Waals surface area contributed by atoms with Gasteiger partial charge in [-0.1, -0.05) is 0 Å². The highest BCUT2D eigenvalue weighted by molar-refractivity contribution is 4.60. The van der Waals surface area contributed by atoms with Crippen LogP contribution < -0.4 is 0 Å². The van der Waals surface area contributed by atoms with Crippen molar-refractivity contribution in [3.05, 3.63) is 0 Å². The van der Waals surface area contributed by atoms with Crippen LogP contribution >= 0.6 is 0 Å². The molecule has 0 bridgehead atoms. The lowest BCUT2D eigenvalue weighted by Gasteiger charge is -2.18. The van der Waals surface area contributed by atoms with Gasteiger partial charge in [0.25, 0.3) is 0 Å². The smallest absolute Gasteiger partial charge is 0.116 e. The number of hydrogen-bond donors (Lipinski definition) is 0. The number of alkyl halides is 1. The monoisotopic (exact) mass is 118 g/mol. The maximum Gasteiger partial charge on any atom is 0.116 e. The van der Waals surface area contributed by atoms with Crippen molar-refractivity contribution in [2.24, 2.45) is 0 Å². The molecular formula is C6H11FO. The summed E-state index contributed by atoms with van der Waals surface area (Å²) < 4.78 is 16.8. The SMILES string of the molecule is FC[C@H]1CCCCO1. The van der Waals surface area contributed by atoms with Gasteiger partial charge in [0.15, 0.2) is 0 Å². The van der Waals surface area contributed by atoms with Gasteiger partial charge in [-0.3, -0.25) is 0 Å². The molecule has 0 spiro atoms. The lowest BCUT2D eigenvalue weighted by Crippen LogP contribution is -2.20. The van der Waals surface area contributed by atoms with Gasteiger partial charge in [0.05, 0.1) is 6.10 Å². The second-order valence-electron chi connectivity index (χ2n) is 2.14. The molecule has 0 unspecified atom stereocenters. The zero-order valence-corrected chi connectivity index (χ0v) is 4.90. The quantitative estimate of drug-likeness (QED) is 0.507. The summed E-state index contributed by atoms with van der Waals surface area (Å²) in [6.07, 6.45) is 3.07. The molecule has 1 heterocycles. The van der Waals surface area contributed by atoms with E-state index in [0.29, 0.717) is 0 Å². The van der Waals surface area contributed by atoms with Crippen LogP contribution in [-0.2, 0) is 4.74 Å². The van der Waals surface area contributed by atoms with Gasteiger partial charge in [-0.25, -0.2) is 4.39 Å². The first-order valence-corrected chi connectivity index (χ1v) is 3.11. The number of halogens is 1. The molecule has 1 rings (SSSR count). The summed E-state index contributed by atoms with van der Waals surface area (Å²) in [5.74, 6) is 0. The zero-order chi connectivity index (χ0) is 5.82. The van der Waals surface area contributed by atoms with Gasteiger partial charge in [-0.05, 0) is 19.3 Å². The molecule has 0 amide bonds. The van der Waals surface area contributed by atoms with Crippen molar-refractivity contribution in [2.75, 3.05) is 13.3 Å². The topological polar surface area (TPSA) is 9.23 Å². The van der Waals surface area contributed by atoms with Gasteiger partial charge < -0.3 is 4.74 Å². The van der Waals surface area contributed by atoms with Crippen LogP contribution in [0, 0.1) is 0 Å². The molecule has 48 valence electrons. The van der Waals surface area contributed by atoms with Crippen LogP contribution in [0.3, 0.4) is 0 Å². The van der Waals surface area contributed by atoms with Crippen LogP contribution in [-0.4, -0.2) is 19.4 Å². The molecule has 0 radical (unpaired) electrons. The van der Waals surface area contributed by atoms with Gasteiger partial charge in [-0.15, -0.1) is 0 Å². The van der Waals surface area contributed by atoms with E-state index in [0.717, 1.165) is 25.9 Å². The molecule has 1 saturated heterocycles. The Labute approximate surface area is 48.8 Å². The molecule has 0 aromatic heterocycles. The maximum absolute atomic E-state index is 11.8. The summed E-state index contributed by atoms with van der Waals surface area (Å²) in [7, 11) is 0. The third-order valence-electron chi connectivity index (χ3n) is 1.45. The summed E-state index contributed by atoms with van der Waals surface area (Å²) in [5, 5.41) is 0. The van der Waals surface area contributed by atoms with Crippen molar-refractivity contribution in [1.82, 2.24) is 0 Å². The Morgan fingerprint density at radius 1 is 1.50 bits per heavy atom. The zero-order valence-electron chi connectivity index (χ0n) is 4.90. The Morgan fingerprint density at radius 2 is 2.38 bits per heavy atom. The number of ether oxygens (including phenoxy) is 1. The fourth-order valence-electron chi connectivity index (χ4n) is 0.929. The third-order valence-corrected chi connectivity index (χ3v) is 1.45. The molecule has 8 heavy (non-hydrogen) atoms. The van der Waals surface area contributed by atoms with Crippen molar-refractivity contribution >= 4 is 0 Å². The summed E-state index contributed by atoms with van der Waals surface area (Å²) >= 11 is 0. The molecule has 1 aliphatic heterocycles. The predicted molar refractivity (Wildman–Crippen MR) is 29.6 cm³/mol. The van der Waals surface area contributed by atoms with E-state index in [9.17, 15) is 4.39 Å². The summed E-state index contributed by atoms with van der Waals surface area (Å²) in [4.78, 5) is 0. The summed E-state index contributed by atoms with van der Waals surface area (Å²) in [6.45, 7) is 0.453. The van der Waals surface area contributed by atoms with E-state index in [4.69, 9.17) is 4.74 Å². The third kappa shape index (κ3) is 1.44. The molecule has 1 aliphatic rings. The Balaban J connectivity index is 2.13. The van der Waals surface area contributed by atoms with E-state index in [-0.39, 0.29) is 12.8 Å². The minimum absolute atomic E-state index is 0.0799. The lowest BCUT2D eigenvalue weighted by atomic mass is 10.1. The van der Waals surface area contributed by atoms with Gasteiger partial charge in [0.2, 0.25) is 0 Å². The molecule has 1 fully saturated rings. The lowest BCUT2D eigenvalue weighted by molar-refractivity contribution is 0.00187. The Morgan fingerprint density at radius 3 is 2.75 bits per heavy atom. The fraction of sp³-hybridized carbons (Fsp3) is 1.00. The summed E-state index contributed by atoms with van der Waals surface area (Å²) in [5.41, 5.74) is 0. The van der Waals surface area contributed by atoms with Gasteiger partial charge >= 0.3 is 0 Å². The fourth-order valence-corrected chi connectivity index (χ4v) is 0.929. The molecule has 0 aromatic carbocycles. The number of hydrogen-bond acceptors (Lipinski definition) is 1. The Hall–Kier alpha value is -0.110. The van der Waals surface area contributed by atoms with Gasteiger partial charge in [0, 0.05) is 6.61 Å². The largest absolute Gasteiger partial charge is 0.376 e.